The van der Waals surface area contributed by atoms with Crippen molar-refractivity contribution < 1.29 is 4.79 Å². The van der Waals surface area contributed by atoms with Gasteiger partial charge in [-0.2, -0.15) is 5.10 Å². The molecular weight excluding hydrogens is 254 g/mol. The zero-order chi connectivity index (χ0) is 14.3. The number of benzene rings is 1. The van der Waals surface area contributed by atoms with Gasteiger partial charge in [0.05, 0.1) is 5.69 Å². The molecule has 1 aromatic carbocycles. The van der Waals surface area contributed by atoms with Gasteiger partial charge in [0.2, 0.25) is 5.91 Å². The van der Waals surface area contributed by atoms with Gasteiger partial charge < -0.3 is 11.1 Å². The number of aromatic nitrogens is 3. The van der Waals surface area contributed by atoms with E-state index in [0.717, 1.165) is 41.4 Å². The number of amides is 1. The van der Waals surface area contributed by atoms with Crippen LogP contribution in [-0.4, -0.2) is 20.7 Å². The van der Waals surface area contributed by atoms with Crippen LogP contribution in [0.2, 0.25) is 0 Å². The van der Waals surface area contributed by atoms with E-state index in [1.165, 1.54) is 0 Å². The van der Waals surface area contributed by atoms with Crippen LogP contribution in [0.5, 0.6) is 0 Å². The summed E-state index contributed by atoms with van der Waals surface area (Å²) in [6.45, 7) is 4.08. The summed E-state index contributed by atoms with van der Waals surface area (Å²) in [7, 11) is 0. The van der Waals surface area contributed by atoms with Gasteiger partial charge in [0.15, 0.2) is 5.82 Å². The van der Waals surface area contributed by atoms with Gasteiger partial charge in [0.25, 0.3) is 0 Å². The Morgan fingerprint density at radius 2 is 2.15 bits per heavy atom. The Hall–Kier alpha value is -2.21. The van der Waals surface area contributed by atoms with Gasteiger partial charge in [0, 0.05) is 24.1 Å². The first kappa shape index (κ1) is 12.8. The summed E-state index contributed by atoms with van der Waals surface area (Å²) in [5.41, 5.74) is 8.29. The summed E-state index contributed by atoms with van der Waals surface area (Å²) in [6.07, 6.45) is 1.60. The monoisotopic (exact) mass is 271 g/mol. The lowest BCUT2D eigenvalue weighted by molar-refractivity contribution is -0.116. The van der Waals surface area contributed by atoms with Crippen molar-refractivity contribution in [2.24, 2.45) is 5.73 Å². The molecule has 1 aromatic heterocycles. The standard InChI is InChI=1S/C14H17N5O/c1-3-11-17-12(4-2)19(18-11)8-5-6-9-10(7-8)16-14(20)13(9)15/h5-7,13H,3-4,15H2,1-2H3,(H,16,20). The lowest BCUT2D eigenvalue weighted by Gasteiger charge is -2.07. The molecular formula is C14H17N5O. The smallest absolute Gasteiger partial charge is 0.245 e. The number of nitrogens with one attached hydrogen (secondary N) is 1. The normalized spacial score (nSPS) is 17.1. The molecule has 6 heteroatoms. The number of carbonyl (C=O) groups excluding carboxylic acids is 1. The summed E-state index contributed by atoms with van der Waals surface area (Å²) in [5.74, 6) is 1.57. The van der Waals surface area contributed by atoms with Gasteiger partial charge in [0.1, 0.15) is 11.9 Å². The Morgan fingerprint density at radius 3 is 2.85 bits per heavy atom. The van der Waals surface area contributed by atoms with Gasteiger partial charge in [-0.15, -0.1) is 0 Å². The van der Waals surface area contributed by atoms with Crippen LogP contribution in [0, 0.1) is 0 Å². The van der Waals surface area contributed by atoms with E-state index in [1.807, 2.05) is 36.7 Å². The molecule has 2 heterocycles. The molecule has 6 nitrogen and oxygen atoms in total. The molecule has 1 unspecified atom stereocenters. The number of rotatable bonds is 3. The third-order valence-electron chi connectivity index (χ3n) is 3.51. The maximum Gasteiger partial charge on any atom is 0.245 e. The molecule has 0 aliphatic carbocycles. The minimum Gasteiger partial charge on any atom is -0.324 e. The predicted octanol–water partition coefficient (Wildman–Crippen LogP) is 1.34. The largest absolute Gasteiger partial charge is 0.324 e. The summed E-state index contributed by atoms with van der Waals surface area (Å²) >= 11 is 0. The predicted molar refractivity (Wildman–Crippen MR) is 75.7 cm³/mol. The molecule has 1 atom stereocenters. The minimum absolute atomic E-state index is 0.166. The molecule has 0 radical (unpaired) electrons. The zero-order valence-electron chi connectivity index (χ0n) is 11.6. The lowest BCUT2D eigenvalue weighted by atomic mass is 10.1. The summed E-state index contributed by atoms with van der Waals surface area (Å²) in [6, 6.07) is 5.12. The third kappa shape index (κ3) is 1.89. The van der Waals surface area contributed by atoms with Crippen molar-refractivity contribution in [3.05, 3.63) is 35.4 Å². The Labute approximate surface area is 117 Å². The first-order valence-electron chi connectivity index (χ1n) is 6.79. The Morgan fingerprint density at radius 1 is 1.35 bits per heavy atom. The Balaban J connectivity index is 2.06. The molecule has 3 N–H and O–H groups in total. The number of anilines is 1. The van der Waals surface area contributed by atoms with Crippen LogP contribution in [-0.2, 0) is 17.6 Å². The molecule has 0 saturated heterocycles. The quantitative estimate of drug-likeness (QED) is 0.882. The highest BCUT2D eigenvalue weighted by atomic mass is 16.2. The average Bonchev–Trinajstić information content (AvgIpc) is 3.00. The molecule has 3 rings (SSSR count). The van der Waals surface area contributed by atoms with Gasteiger partial charge in [-0.1, -0.05) is 19.9 Å². The minimum atomic E-state index is -0.577. The van der Waals surface area contributed by atoms with Gasteiger partial charge in [-0.05, 0) is 12.1 Å². The molecule has 0 saturated carbocycles. The van der Waals surface area contributed by atoms with E-state index in [2.05, 4.69) is 15.4 Å². The third-order valence-corrected chi connectivity index (χ3v) is 3.51. The fourth-order valence-electron chi connectivity index (χ4n) is 2.38. The van der Waals surface area contributed by atoms with E-state index in [-0.39, 0.29) is 5.91 Å². The number of nitrogens with two attached hydrogens (primary N) is 1. The summed E-state index contributed by atoms with van der Waals surface area (Å²) in [4.78, 5) is 16.1. The second-order valence-electron chi connectivity index (χ2n) is 4.80. The molecule has 104 valence electrons. The van der Waals surface area contributed by atoms with Crippen LogP contribution >= 0.6 is 0 Å². The van der Waals surface area contributed by atoms with E-state index in [0.29, 0.717) is 0 Å². The second kappa shape index (κ2) is 4.72. The van der Waals surface area contributed by atoms with Gasteiger partial charge in [-0.25, -0.2) is 9.67 Å². The molecule has 1 aliphatic rings. The van der Waals surface area contributed by atoms with Crippen molar-refractivity contribution in [1.29, 1.82) is 0 Å². The number of hydrogen-bond donors (Lipinski definition) is 2. The van der Waals surface area contributed by atoms with E-state index in [9.17, 15) is 4.79 Å². The highest BCUT2D eigenvalue weighted by Gasteiger charge is 2.27. The van der Waals surface area contributed by atoms with Crippen LogP contribution in [0.3, 0.4) is 0 Å². The first-order chi connectivity index (χ1) is 9.63. The second-order valence-corrected chi connectivity index (χ2v) is 4.80. The number of hydrogen-bond acceptors (Lipinski definition) is 4. The lowest BCUT2D eigenvalue weighted by Crippen LogP contribution is -2.19. The fraction of sp³-hybridized carbons (Fsp3) is 0.357. The molecule has 1 amide bonds. The van der Waals surface area contributed by atoms with Gasteiger partial charge in [-0.3, -0.25) is 4.79 Å². The van der Waals surface area contributed by atoms with Crippen molar-refractivity contribution in [3.8, 4) is 5.69 Å². The van der Waals surface area contributed by atoms with Crippen LogP contribution < -0.4 is 11.1 Å². The summed E-state index contributed by atoms with van der Waals surface area (Å²) in [5, 5.41) is 7.29. The van der Waals surface area contributed by atoms with Crippen LogP contribution in [0.15, 0.2) is 18.2 Å². The van der Waals surface area contributed by atoms with E-state index < -0.39 is 6.04 Å². The molecule has 1 aliphatic heterocycles. The Bertz CT molecular complexity index is 676. The van der Waals surface area contributed by atoms with Crippen molar-refractivity contribution in [3.63, 3.8) is 0 Å². The molecule has 2 aromatic rings. The number of nitrogens with zero attached hydrogens (tertiary/aromatic N) is 3. The Kier molecular flexibility index (Phi) is 3.02. The maximum atomic E-state index is 11.6. The van der Waals surface area contributed by atoms with Crippen molar-refractivity contribution in [2.45, 2.75) is 32.7 Å². The highest BCUT2D eigenvalue weighted by Crippen LogP contribution is 2.31. The number of aryl methyl sites for hydroxylation is 2. The van der Waals surface area contributed by atoms with Crippen molar-refractivity contribution in [2.75, 3.05) is 5.32 Å². The van der Waals surface area contributed by atoms with Crippen LogP contribution in [0.25, 0.3) is 5.69 Å². The van der Waals surface area contributed by atoms with E-state index in [4.69, 9.17) is 5.73 Å². The SMILES string of the molecule is CCc1nc(CC)n(-c2ccc3c(c2)NC(=O)C3N)n1. The molecule has 0 spiro atoms. The highest BCUT2D eigenvalue weighted by molar-refractivity contribution is 6.02. The number of carbonyl (C=O) groups is 1. The number of fused-ring (bicyclic) bond motifs is 1. The molecule has 20 heavy (non-hydrogen) atoms. The zero-order valence-corrected chi connectivity index (χ0v) is 11.6. The van der Waals surface area contributed by atoms with Crippen LogP contribution in [0.1, 0.15) is 37.1 Å². The van der Waals surface area contributed by atoms with Crippen LogP contribution in [0.4, 0.5) is 5.69 Å². The molecule has 0 fully saturated rings. The maximum absolute atomic E-state index is 11.6. The van der Waals surface area contributed by atoms with E-state index in [1.54, 1.807) is 0 Å². The van der Waals surface area contributed by atoms with Crippen molar-refractivity contribution in [1.82, 2.24) is 14.8 Å². The molecule has 0 bridgehead atoms. The average molecular weight is 271 g/mol. The summed E-state index contributed by atoms with van der Waals surface area (Å²) < 4.78 is 1.83. The fourth-order valence-corrected chi connectivity index (χ4v) is 2.38. The topological polar surface area (TPSA) is 85.8 Å². The van der Waals surface area contributed by atoms with Crippen molar-refractivity contribution >= 4 is 11.6 Å². The first-order valence-corrected chi connectivity index (χ1v) is 6.79. The van der Waals surface area contributed by atoms with E-state index >= 15 is 0 Å². The van der Waals surface area contributed by atoms with Gasteiger partial charge >= 0.3 is 0 Å².